The fourth-order valence-electron chi connectivity index (χ4n) is 3.38. The highest BCUT2D eigenvalue weighted by atomic mass is 19.1. The van der Waals surface area contributed by atoms with E-state index in [-0.39, 0.29) is 18.3 Å². The van der Waals surface area contributed by atoms with Gasteiger partial charge in [-0.3, -0.25) is 9.69 Å². The van der Waals surface area contributed by atoms with Gasteiger partial charge in [-0.1, -0.05) is 26.0 Å². The van der Waals surface area contributed by atoms with Gasteiger partial charge in [-0.15, -0.1) is 0 Å². The number of benzene rings is 2. The normalized spacial score (nSPS) is 14.8. The largest absolute Gasteiger partial charge is 0.484 e. The van der Waals surface area contributed by atoms with E-state index in [4.69, 9.17) is 4.74 Å². The Labute approximate surface area is 172 Å². The number of carbonyl (C=O) groups excluding carboxylic acids is 1. The van der Waals surface area contributed by atoms with Crippen LogP contribution in [-0.4, -0.2) is 56.7 Å². The van der Waals surface area contributed by atoms with Gasteiger partial charge in [0, 0.05) is 45.0 Å². The molecule has 0 aliphatic carbocycles. The molecule has 1 aliphatic rings. The Kier molecular flexibility index (Phi) is 7.47. The minimum atomic E-state index is -0.209. The van der Waals surface area contributed by atoms with Crippen LogP contribution in [0.15, 0.2) is 48.5 Å². The molecular formula is C23H30FN3O2. The van der Waals surface area contributed by atoms with Crippen molar-refractivity contribution in [2.24, 2.45) is 0 Å². The molecule has 6 heteroatoms. The molecule has 3 rings (SSSR count). The smallest absolute Gasteiger partial charge is 0.257 e. The third-order valence-corrected chi connectivity index (χ3v) is 5.23. The second-order valence-electron chi connectivity index (χ2n) is 7.67. The second-order valence-corrected chi connectivity index (χ2v) is 7.67. The molecule has 1 saturated heterocycles. The van der Waals surface area contributed by atoms with Crippen LogP contribution in [-0.2, 0) is 4.79 Å². The molecule has 0 bridgehead atoms. The Hall–Kier alpha value is -2.60. The summed E-state index contributed by atoms with van der Waals surface area (Å²) >= 11 is 0. The molecule has 1 heterocycles. The summed E-state index contributed by atoms with van der Waals surface area (Å²) < 4.78 is 18.6. The molecule has 1 aliphatic heterocycles. The summed E-state index contributed by atoms with van der Waals surface area (Å²) in [6.45, 7) is 9.37. The standard InChI is InChI=1S/C23H30FN3O2/c1-18(2)19-3-9-22(10-4-19)29-17-23(28)25-11-12-26-13-15-27(16-14-26)21-7-5-20(24)6-8-21/h3-10,18H,11-17H2,1-2H3,(H,25,28). The zero-order valence-corrected chi connectivity index (χ0v) is 17.2. The number of rotatable bonds is 8. The first-order valence-electron chi connectivity index (χ1n) is 10.2. The van der Waals surface area contributed by atoms with Crippen LogP contribution in [0.5, 0.6) is 5.75 Å². The second kappa shape index (κ2) is 10.3. The van der Waals surface area contributed by atoms with Crippen LogP contribution in [0.2, 0.25) is 0 Å². The first kappa shape index (κ1) is 21.1. The molecule has 5 nitrogen and oxygen atoms in total. The predicted octanol–water partition coefficient (Wildman–Crippen LogP) is 3.27. The van der Waals surface area contributed by atoms with E-state index in [0.29, 0.717) is 18.2 Å². The van der Waals surface area contributed by atoms with E-state index in [1.54, 1.807) is 0 Å². The first-order chi connectivity index (χ1) is 14.0. The van der Waals surface area contributed by atoms with Crippen LogP contribution in [0.3, 0.4) is 0 Å². The van der Waals surface area contributed by atoms with Crippen molar-refractivity contribution in [3.05, 3.63) is 59.9 Å². The third-order valence-electron chi connectivity index (χ3n) is 5.23. The van der Waals surface area contributed by atoms with Gasteiger partial charge in [-0.05, 0) is 47.9 Å². The number of nitrogens with one attached hydrogen (secondary N) is 1. The maximum absolute atomic E-state index is 13.0. The third kappa shape index (κ3) is 6.46. The van der Waals surface area contributed by atoms with E-state index in [2.05, 4.69) is 29.0 Å². The number of hydrogen-bond donors (Lipinski definition) is 1. The van der Waals surface area contributed by atoms with E-state index in [9.17, 15) is 9.18 Å². The average Bonchev–Trinajstić information content (AvgIpc) is 2.74. The molecule has 0 atom stereocenters. The van der Waals surface area contributed by atoms with Crippen molar-refractivity contribution in [1.29, 1.82) is 0 Å². The topological polar surface area (TPSA) is 44.8 Å². The summed E-state index contributed by atoms with van der Waals surface area (Å²) in [5, 5.41) is 2.92. The zero-order chi connectivity index (χ0) is 20.6. The van der Waals surface area contributed by atoms with E-state index in [1.807, 2.05) is 36.4 Å². The van der Waals surface area contributed by atoms with Crippen molar-refractivity contribution < 1.29 is 13.9 Å². The molecule has 1 amide bonds. The van der Waals surface area contributed by atoms with Crippen molar-refractivity contribution in [3.63, 3.8) is 0 Å². The van der Waals surface area contributed by atoms with Gasteiger partial charge in [0.25, 0.3) is 5.91 Å². The van der Waals surface area contributed by atoms with Crippen LogP contribution in [0.4, 0.5) is 10.1 Å². The van der Waals surface area contributed by atoms with Crippen LogP contribution in [0.1, 0.15) is 25.3 Å². The highest BCUT2D eigenvalue weighted by molar-refractivity contribution is 5.77. The van der Waals surface area contributed by atoms with Crippen molar-refractivity contribution >= 4 is 11.6 Å². The monoisotopic (exact) mass is 399 g/mol. The number of amides is 1. The Morgan fingerprint density at radius 1 is 1.03 bits per heavy atom. The van der Waals surface area contributed by atoms with Gasteiger partial charge in [0.2, 0.25) is 0 Å². The zero-order valence-electron chi connectivity index (χ0n) is 17.2. The van der Waals surface area contributed by atoms with Gasteiger partial charge in [-0.25, -0.2) is 4.39 Å². The lowest BCUT2D eigenvalue weighted by Gasteiger charge is -2.36. The fourth-order valence-corrected chi connectivity index (χ4v) is 3.38. The Morgan fingerprint density at radius 2 is 1.69 bits per heavy atom. The highest BCUT2D eigenvalue weighted by Crippen LogP contribution is 2.18. The van der Waals surface area contributed by atoms with E-state index >= 15 is 0 Å². The number of hydrogen-bond acceptors (Lipinski definition) is 4. The molecule has 1 N–H and O–H groups in total. The van der Waals surface area contributed by atoms with Crippen molar-refractivity contribution in [3.8, 4) is 5.75 Å². The number of anilines is 1. The van der Waals surface area contributed by atoms with Crippen LogP contribution in [0, 0.1) is 5.82 Å². The van der Waals surface area contributed by atoms with E-state index in [1.165, 1.54) is 17.7 Å². The van der Waals surface area contributed by atoms with Gasteiger partial charge < -0.3 is 15.0 Å². The van der Waals surface area contributed by atoms with Crippen LogP contribution in [0.25, 0.3) is 0 Å². The Balaban J connectivity index is 1.31. The molecule has 2 aromatic rings. The summed E-state index contributed by atoms with van der Waals surface area (Å²) in [7, 11) is 0. The summed E-state index contributed by atoms with van der Waals surface area (Å²) in [6, 6.07) is 14.5. The molecule has 0 aromatic heterocycles. The number of ether oxygens (including phenoxy) is 1. The Morgan fingerprint density at radius 3 is 2.31 bits per heavy atom. The summed E-state index contributed by atoms with van der Waals surface area (Å²) in [5.74, 6) is 0.869. The molecule has 0 spiro atoms. The number of nitrogens with zero attached hydrogens (tertiary/aromatic N) is 2. The fraction of sp³-hybridized carbons (Fsp3) is 0.435. The average molecular weight is 400 g/mol. The minimum Gasteiger partial charge on any atom is -0.484 e. The van der Waals surface area contributed by atoms with E-state index in [0.717, 1.165) is 38.4 Å². The minimum absolute atomic E-state index is 0.0272. The molecule has 2 aromatic carbocycles. The molecule has 0 saturated carbocycles. The first-order valence-corrected chi connectivity index (χ1v) is 10.2. The summed E-state index contributed by atoms with van der Waals surface area (Å²) in [5.41, 5.74) is 2.30. The predicted molar refractivity (Wildman–Crippen MR) is 114 cm³/mol. The number of carbonyl (C=O) groups is 1. The lowest BCUT2D eigenvalue weighted by Crippen LogP contribution is -2.48. The molecule has 156 valence electrons. The van der Waals surface area contributed by atoms with Gasteiger partial charge in [0.15, 0.2) is 6.61 Å². The van der Waals surface area contributed by atoms with Gasteiger partial charge in [0.1, 0.15) is 11.6 Å². The summed E-state index contributed by atoms with van der Waals surface area (Å²) in [6.07, 6.45) is 0. The lowest BCUT2D eigenvalue weighted by molar-refractivity contribution is -0.123. The van der Waals surface area contributed by atoms with Crippen molar-refractivity contribution in [2.45, 2.75) is 19.8 Å². The van der Waals surface area contributed by atoms with Crippen LogP contribution >= 0.6 is 0 Å². The summed E-state index contributed by atoms with van der Waals surface area (Å²) in [4.78, 5) is 16.6. The quantitative estimate of drug-likeness (QED) is 0.740. The molecule has 0 radical (unpaired) electrons. The van der Waals surface area contributed by atoms with Gasteiger partial charge >= 0.3 is 0 Å². The van der Waals surface area contributed by atoms with E-state index < -0.39 is 0 Å². The number of piperazine rings is 1. The van der Waals surface area contributed by atoms with Crippen LogP contribution < -0.4 is 15.0 Å². The molecule has 0 unspecified atom stereocenters. The Bertz CT molecular complexity index is 770. The van der Waals surface area contributed by atoms with Crippen molar-refractivity contribution in [1.82, 2.24) is 10.2 Å². The number of halogens is 1. The van der Waals surface area contributed by atoms with Gasteiger partial charge in [0.05, 0.1) is 0 Å². The molecule has 1 fully saturated rings. The maximum Gasteiger partial charge on any atom is 0.257 e. The highest BCUT2D eigenvalue weighted by Gasteiger charge is 2.17. The SMILES string of the molecule is CC(C)c1ccc(OCC(=O)NCCN2CCN(c3ccc(F)cc3)CC2)cc1. The molecule has 29 heavy (non-hydrogen) atoms. The molecular weight excluding hydrogens is 369 g/mol. The maximum atomic E-state index is 13.0. The lowest BCUT2D eigenvalue weighted by atomic mass is 10.0. The van der Waals surface area contributed by atoms with Crippen molar-refractivity contribution in [2.75, 3.05) is 50.8 Å². The van der Waals surface area contributed by atoms with Gasteiger partial charge in [-0.2, -0.15) is 0 Å².